The van der Waals surface area contributed by atoms with Gasteiger partial charge in [0.1, 0.15) is 24.4 Å². The van der Waals surface area contributed by atoms with Crippen LogP contribution in [0, 0.1) is 0 Å². The SMILES string of the molecule is CCCCCCCCCCCCCCCCCC/C=C\CCCCCCCCCCCCCCCCCCCC(=O)NC(COC1OC(CO)C(O)C(O)C1O)C(O)/C=C/CCCCCCCCCCCCCCCCCCCC. The molecule has 0 aromatic carbocycles. The molecule has 1 fully saturated rings. The molecule has 1 heterocycles. The normalized spacial score (nSPS) is 18.5. The van der Waals surface area contributed by atoms with Gasteiger partial charge in [0.05, 0.1) is 25.4 Å². The number of carbonyl (C=O) groups is 1. The lowest BCUT2D eigenvalue weighted by Gasteiger charge is -2.40. The lowest BCUT2D eigenvalue weighted by Crippen LogP contribution is -2.60. The number of ether oxygens (including phenoxy) is 2. The number of aliphatic hydroxyl groups excluding tert-OH is 5. The second kappa shape index (κ2) is 60.8. The molecule has 1 rings (SSSR count). The highest BCUT2D eigenvalue weighted by Gasteiger charge is 2.44. The van der Waals surface area contributed by atoms with Gasteiger partial charge in [-0.05, 0) is 44.9 Å². The first-order chi connectivity index (χ1) is 39.3. The standard InChI is InChI=1S/C71H137NO8/c1-3-5-7-9-11-13-15-17-19-21-23-25-26-27-28-29-30-31-32-33-34-35-36-37-38-39-40-41-43-45-47-49-51-53-55-57-59-61-67(75)72-64(63-79-71-70(78)69(77)68(76)66(62-73)80-71)65(74)60-58-56-54-52-50-48-46-44-42-24-22-20-18-16-14-12-10-8-6-4-2/h31-32,58,60,64-66,68-71,73-74,76-78H,3-30,33-57,59,61-63H2,1-2H3,(H,72,75)/b32-31-,60-58+. The number of nitrogens with one attached hydrogen (secondary N) is 1. The van der Waals surface area contributed by atoms with E-state index in [-0.39, 0.29) is 12.5 Å². The van der Waals surface area contributed by atoms with Gasteiger partial charge in [-0.1, -0.05) is 340 Å². The van der Waals surface area contributed by atoms with Crippen molar-refractivity contribution < 1.29 is 39.8 Å². The molecule has 1 aliphatic rings. The van der Waals surface area contributed by atoms with E-state index in [9.17, 15) is 30.3 Å². The Hall–Kier alpha value is -1.33. The monoisotopic (exact) mass is 1130 g/mol. The van der Waals surface area contributed by atoms with Crippen LogP contribution >= 0.6 is 0 Å². The zero-order valence-corrected chi connectivity index (χ0v) is 53.1. The predicted molar refractivity (Wildman–Crippen MR) is 341 cm³/mol. The maximum atomic E-state index is 13.1. The lowest BCUT2D eigenvalue weighted by molar-refractivity contribution is -0.302. The third kappa shape index (κ3) is 49.0. The molecule has 7 unspecified atom stereocenters. The summed E-state index contributed by atoms with van der Waals surface area (Å²) in [4.78, 5) is 13.1. The molecule has 6 N–H and O–H groups in total. The van der Waals surface area contributed by atoms with Gasteiger partial charge in [0.25, 0.3) is 0 Å². The van der Waals surface area contributed by atoms with Crippen LogP contribution in [-0.2, 0) is 14.3 Å². The maximum absolute atomic E-state index is 13.1. The summed E-state index contributed by atoms with van der Waals surface area (Å²) in [5.74, 6) is -0.169. The van der Waals surface area contributed by atoms with E-state index in [0.717, 1.165) is 38.5 Å². The van der Waals surface area contributed by atoms with Crippen LogP contribution in [0.3, 0.4) is 0 Å². The van der Waals surface area contributed by atoms with Gasteiger partial charge in [-0.3, -0.25) is 4.79 Å². The number of aliphatic hydroxyl groups is 5. The average Bonchev–Trinajstić information content (AvgIpc) is 3.46. The van der Waals surface area contributed by atoms with E-state index in [0.29, 0.717) is 6.42 Å². The fraction of sp³-hybridized carbons (Fsp3) is 0.930. The minimum Gasteiger partial charge on any atom is -0.394 e. The molecule has 474 valence electrons. The Labute approximate surface area is 496 Å². The highest BCUT2D eigenvalue weighted by Crippen LogP contribution is 2.24. The summed E-state index contributed by atoms with van der Waals surface area (Å²) in [7, 11) is 0. The molecular weight excluding hydrogens is 995 g/mol. The van der Waals surface area contributed by atoms with Crippen molar-refractivity contribution in [3.8, 4) is 0 Å². The van der Waals surface area contributed by atoms with E-state index < -0.39 is 49.5 Å². The molecule has 0 radical (unpaired) electrons. The van der Waals surface area contributed by atoms with E-state index in [1.807, 2.05) is 6.08 Å². The van der Waals surface area contributed by atoms with Crippen molar-refractivity contribution in [3.05, 3.63) is 24.3 Å². The minimum absolute atomic E-state index is 0.169. The molecule has 7 atom stereocenters. The quantitative estimate of drug-likeness (QED) is 0.0261. The number of rotatable bonds is 63. The van der Waals surface area contributed by atoms with Crippen LogP contribution in [0.5, 0.6) is 0 Å². The van der Waals surface area contributed by atoms with Crippen LogP contribution in [0.15, 0.2) is 24.3 Å². The first-order valence-electron chi connectivity index (χ1n) is 35.6. The van der Waals surface area contributed by atoms with E-state index in [1.165, 1.54) is 308 Å². The van der Waals surface area contributed by atoms with Gasteiger partial charge in [-0.25, -0.2) is 0 Å². The van der Waals surface area contributed by atoms with Gasteiger partial charge in [-0.2, -0.15) is 0 Å². The summed E-state index contributed by atoms with van der Waals surface area (Å²) in [6, 6.07) is -0.803. The average molecular weight is 1130 g/mol. The Morgan fingerprint density at radius 1 is 0.412 bits per heavy atom. The number of unbranched alkanes of at least 4 members (excludes halogenated alkanes) is 51. The summed E-state index contributed by atoms with van der Waals surface area (Å²) < 4.78 is 11.3. The molecule has 1 amide bonds. The van der Waals surface area contributed by atoms with Crippen LogP contribution in [0.1, 0.15) is 367 Å². The highest BCUT2D eigenvalue weighted by molar-refractivity contribution is 5.76. The molecular formula is C71H137NO8. The molecule has 0 aromatic rings. The van der Waals surface area contributed by atoms with Gasteiger partial charge in [-0.15, -0.1) is 0 Å². The largest absolute Gasteiger partial charge is 0.394 e. The minimum atomic E-state index is -1.57. The van der Waals surface area contributed by atoms with Crippen LogP contribution in [0.4, 0.5) is 0 Å². The summed E-state index contributed by atoms with van der Waals surface area (Å²) in [5, 5.41) is 54.7. The summed E-state index contributed by atoms with van der Waals surface area (Å²) in [6.07, 6.45) is 73.0. The number of carbonyl (C=O) groups excluding carboxylic acids is 1. The maximum Gasteiger partial charge on any atom is 0.220 e. The van der Waals surface area contributed by atoms with E-state index >= 15 is 0 Å². The Morgan fingerprint density at radius 2 is 0.700 bits per heavy atom. The first kappa shape index (κ1) is 76.7. The topological polar surface area (TPSA) is 149 Å². The van der Waals surface area contributed by atoms with Crippen molar-refractivity contribution in [1.82, 2.24) is 5.32 Å². The smallest absolute Gasteiger partial charge is 0.220 e. The molecule has 80 heavy (non-hydrogen) atoms. The van der Waals surface area contributed by atoms with Crippen molar-refractivity contribution >= 4 is 5.91 Å². The third-order valence-corrected chi connectivity index (χ3v) is 17.3. The number of amides is 1. The van der Waals surface area contributed by atoms with Crippen LogP contribution in [0.25, 0.3) is 0 Å². The Kier molecular flexibility index (Phi) is 58.3. The molecule has 9 nitrogen and oxygen atoms in total. The second-order valence-electron chi connectivity index (χ2n) is 25.0. The van der Waals surface area contributed by atoms with Crippen LogP contribution < -0.4 is 5.32 Å². The van der Waals surface area contributed by atoms with Crippen molar-refractivity contribution in [1.29, 1.82) is 0 Å². The van der Waals surface area contributed by atoms with Gasteiger partial charge in [0.15, 0.2) is 6.29 Å². The molecule has 0 saturated carbocycles. The summed E-state index contributed by atoms with van der Waals surface area (Å²) >= 11 is 0. The first-order valence-corrected chi connectivity index (χ1v) is 35.6. The Morgan fingerprint density at radius 3 is 1.01 bits per heavy atom. The summed E-state index contributed by atoms with van der Waals surface area (Å²) in [5.41, 5.74) is 0. The van der Waals surface area contributed by atoms with Crippen molar-refractivity contribution in [2.75, 3.05) is 13.2 Å². The molecule has 1 saturated heterocycles. The Bertz CT molecular complexity index is 1310. The van der Waals surface area contributed by atoms with Crippen LogP contribution in [-0.4, -0.2) is 87.5 Å². The molecule has 0 bridgehead atoms. The fourth-order valence-electron chi connectivity index (χ4n) is 11.7. The fourth-order valence-corrected chi connectivity index (χ4v) is 11.7. The number of allylic oxidation sites excluding steroid dienone is 3. The number of hydrogen-bond acceptors (Lipinski definition) is 8. The van der Waals surface area contributed by atoms with Crippen molar-refractivity contribution in [3.63, 3.8) is 0 Å². The van der Waals surface area contributed by atoms with E-state index in [4.69, 9.17) is 9.47 Å². The zero-order chi connectivity index (χ0) is 57.9. The van der Waals surface area contributed by atoms with Gasteiger partial charge in [0, 0.05) is 6.42 Å². The number of hydrogen-bond donors (Lipinski definition) is 6. The van der Waals surface area contributed by atoms with Crippen LogP contribution in [0.2, 0.25) is 0 Å². The third-order valence-electron chi connectivity index (χ3n) is 17.3. The second-order valence-corrected chi connectivity index (χ2v) is 25.0. The zero-order valence-electron chi connectivity index (χ0n) is 53.1. The Balaban J connectivity index is 2.07. The van der Waals surface area contributed by atoms with Gasteiger partial charge in [0.2, 0.25) is 5.91 Å². The molecule has 9 heteroatoms. The summed E-state index contributed by atoms with van der Waals surface area (Å²) in [6.45, 7) is 3.84. The highest BCUT2D eigenvalue weighted by atomic mass is 16.7. The lowest BCUT2D eigenvalue weighted by atomic mass is 9.99. The van der Waals surface area contributed by atoms with Gasteiger partial charge >= 0.3 is 0 Å². The van der Waals surface area contributed by atoms with Gasteiger partial charge < -0.3 is 40.3 Å². The molecule has 0 aliphatic carbocycles. The molecule has 0 aromatic heterocycles. The van der Waals surface area contributed by atoms with Crippen molar-refractivity contribution in [2.45, 2.75) is 410 Å². The predicted octanol–water partition coefficient (Wildman–Crippen LogP) is 19.3. The molecule has 1 aliphatic heterocycles. The van der Waals surface area contributed by atoms with Crippen molar-refractivity contribution in [2.24, 2.45) is 0 Å². The van der Waals surface area contributed by atoms with E-state index in [2.05, 4.69) is 31.3 Å². The van der Waals surface area contributed by atoms with E-state index in [1.54, 1.807) is 6.08 Å². The molecule has 0 spiro atoms.